The fraction of sp³-hybridized carbons (Fsp3) is 0.250. The zero-order valence-electron chi connectivity index (χ0n) is 18.2. The van der Waals surface area contributed by atoms with Gasteiger partial charge in [0, 0.05) is 0 Å². The summed E-state index contributed by atoms with van der Waals surface area (Å²) in [4.78, 5) is 12.4. The Balaban J connectivity index is 1.58. The molecular weight excluding hydrogens is 424 g/mol. The van der Waals surface area contributed by atoms with Crippen LogP contribution < -0.4 is 14.8 Å². The molecule has 1 aromatic heterocycles. The summed E-state index contributed by atoms with van der Waals surface area (Å²) >= 11 is 1.29. The number of anilines is 1. The summed E-state index contributed by atoms with van der Waals surface area (Å²) in [6.45, 7) is 6.78. The van der Waals surface area contributed by atoms with Gasteiger partial charge in [0.1, 0.15) is 41.4 Å². The average Bonchev–Trinajstić information content (AvgIpc) is 3.22. The monoisotopic (exact) mass is 448 g/mol. The van der Waals surface area contributed by atoms with Gasteiger partial charge in [-0.3, -0.25) is 10.1 Å². The van der Waals surface area contributed by atoms with E-state index in [4.69, 9.17) is 9.47 Å². The van der Waals surface area contributed by atoms with Gasteiger partial charge in [0.15, 0.2) is 0 Å². The third-order valence-corrected chi connectivity index (χ3v) is 5.32. The molecule has 164 valence electrons. The number of nitrogens with zero attached hydrogens (tertiary/aromatic N) is 3. The highest BCUT2D eigenvalue weighted by Crippen LogP contribution is 2.19. The number of rotatable bonds is 9. The van der Waals surface area contributed by atoms with Crippen LogP contribution in [0.5, 0.6) is 11.5 Å². The summed E-state index contributed by atoms with van der Waals surface area (Å²) in [6, 6.07) is 15.2. The van der Waals surface area contributed by atoms with Crippen molar-refractivity contribution < 1.29 is 14.3 Å². The van der Waals surface area contributed by atoms with Gasteiger partial charge in [0.2, 0.25) is 5.13 Å². The maximum Gasteiger partial charge on any atom is 0.268 e. The van der Waals surface area contributed by atoms with Gasteiger partial charge in [-0.1, -0.05) is 36.5 Å². The Bertz CT molecular complexity index is 1140. The van der Waals surface area contributed by atoms with E-state index in [2.05, 4.69) is 21.6 Å². The van der Waals surface area contributed by atoms with Crippen LogP contribution in [0.25, 0.3) is 6.08 Å². The lowest BCUT2D eigenvalue weighted by atomic mass is 10.1. The SMILES string of the molecule is CCc1nnc(NC(=O)/C(C#N)=C\c2cccc(OCCOc3cc(C)cc(C)c3)c2)s1. The summed E-state index contributed by atoms with van der Waals surface area (Å²) in [5, 5.41) is 21.1. The molecule has 3 rings (SSSR count). The second-order valence-corrected chi connectivity index (χ2v) is 8.13. The van der Waals surface area contributed by atoms with Crippen LogP contribution in [0.4, 0.5) is 5.13 Å². The molecule has 0 aliphatic carbocycles. The first-order valence-electron chi connectivity index (χ1n) is 10.2. The summed E-state index contributed by atoms with van der Waals surface area (Å²) in [5.74, 6) is 0.908. The van der Waals surface area contributed by atoms with Crippen LogP contribution in [0, 0.1) is 25.2 Å². The van der Waals surface area contributed by atoms with Crippen molar-refractivity contribution in [2.45, 2.75) is 27.2 Å². The first kappa shape index (κ1) is 23.0. The molecule has 3 aromatic rings. The van der Waals surface area contributed by atoms with Crippen molar-refractivity contribution in [1.82, 2.24) is 10.2 Å². The van der Waals surface area contributed by atoms with E-state index in [9.17, 15) is 10.1 Å². The van der Waals surface area contributed by atoms with Gasteiger partial charge in [-0.25, -0.2) is 0 Å². The molecule has 1 amide bonds. The minimum atomic E-state index is -0.528. The predicted molar refractivity (Wildman–Crippen MR) is 125 cm³/mol. The highest BCUT2D eigenvalue weighted by Gasteiger charge is 2.12. The average molecular weight is 449 g/mol. The quantitative estimate of drug-likeness (QED) is 0.289. The first-order valence-corrected chi connectivity index (χ1v) is 11.0. The topological polar surface area (TPSA) is 97.1 Å². The summed E-state index contributed by atoms with van der Waals surface area (Å²) in [5.41, 5.74) is 2.94. The van der Waals surface area contributed by atoms with Gasteiger partial charge in [-0.2, -0.15) is 5.26 Å². The molecule has 0 unspecified atom stereocenters. The molecule has 0 saturated heterocycles. The number of ether oxygens (including phenoxy) is 2. The van der Waals surface area contributed by atoms with Crippen molar-refractivity contribution in [2.75, 3.05) is 18.5 Å². The molecule has 32 heavy (non-hydrogen) atoms. The van der Waals surface area contributed by atoms with E-state index in [1.165, 1.54) is 17.4 Å². The van der Waals surface area contributed by atoms with Crippen molar-refractivity contribution in [3.8, 4) is 17.6 Å². The number of amides is 1. The molecule has 0 aliphatic heterocycles. The minimum absolute atomic E-state index is 0.0338. The normalized spacial score (nSPS) is 11.0. The standard InChI is InChI=1S/C24H24N4O3S/c1-4-22-27-28-24(32-22)26-23(29)19(15-25)13-18-6-5-7-20(14-18)30-8-9-31-21-11-16(2)10-17(3)12-21/h5-7,10-14H,4,8-9H2,1-3H3,(H,26,28,29)/b19-13-. The van der Waals surface area contributed by atoms with Gasteiger partial charge in [-0.05, 0) is 67.3 Å². The molecule has 2 aromatic carbocycles. The third kappa shape index (κ3) is 6.65. The lowest BCUT2D eigenvalue weighted by molar-refractivity contribution is -0.112. The number of nitrogens with one attached hydrogen (secondary N) is 1. The first-order chi connectivity index (χ1) is 15.5. The Hall–Kier alpha value is -3.70. The van der Waals surface area contributed by atoms with E-state index in [1.807, 2.05) is 45.0 Å². The second kappa shape index (κ2) is 11.1. The molecule has 0 atom stereocenters. The zero-order valence-corrected chi connectivity index (χ0v) is 19.0. The molecule has 7 nitrogen and oxygen atoms in total. The van der Waals surface area contributed by atoms with Gasteiger partial charge < -0.3 is 9.47 Å². The fourth-order valence-corrected chi connectivity index (χ4v) is 3.63. The maximum absolute atomic E-state index is 12.4. The molecule has 1 N–H and O–H groups in total. The van der Waals surface area contributed by atoms with E-state index >= 15 is 0 Å². The van der Waals surface area contributed by atoms with E-state index < -0.39 is 5.91 Å². The Morgan fingerprint density at radius 2 is 1.81 bits per heavy atom. The van der Waals surface area contributed by atoms with E-state index in [0.29, 0.717) is 29.7 Å². The van der Waals surface area contributed by atoms with Crippen LogP contribution >= 0.6 is 11.3 Å². The second-order valence-electron chi connectivity index (χ2n) is 7.07. The minimum Gasteiger partial charge on any atom is -0.490 e. The smallest absolute Gasteiger partial charge is 0.268 e. The van der Waals surface area contributed by atoms with Crippen LogP contribution in [0.15, 0.2) is 48.0 Å². The van der Waals surface area contributed by atoms with Crippen LogP contribution in [-0.4, -0.2) is 29.3 Å². The molecule has 1 heterocycles. The number of aromatic nitrogens is 2. The number of hydrogen-bond acceptors (Lipinski definition) is 7. The number of carbonyl (C=O) groups is 1. The molecular formula is C24H24N4O3S. The third-order valence-electron chi connectivity index (χ3n) is 4.34. The van der Waals surface area contributed by atoms with Gasteiger partial charge in [0.05, 0.1) is 0 Å². The Kier molecular flexibility index (Phi) is 7.95. The van der Waals surface area contributed by atoms with Crippen LogP contribution in [0.1, 0.15) is 28.6 Å². The summed E-state index contributed by atoms with van der Waals surface area (Å²) in [7, 11) is 0. The number of aryl methyl sites for hydroxylation is 3. The summed E-state index contributed by atoms with van der Waals surface area (Å²) in [6.07, 6.45) is 2.24. The van der Waals surface area contributed by atoms with Crippen molar-refractivity contribution in [1.29, 1.82) is 5.26 Å². The zero-order chi connectivity index (χ0) is 22.9. The number of nitriles is 1. The number of carbonyl (C=O) groups excluding carboxylic acids is 1. The lowest BCUT2D eigenvalue weighted by Crippen LogP contribution is -2.13. The number of hydrogen-bond donors (Lipinski definition) is 1. The highest BCUT2D eigenvalue weighted by molar-refractivity contribution is 7.15. The Morgan fingerprint density at radius 3 is 2.47 bits per heavy atom. The molecule has 0 saturated carbocycles. The molecule has 8 heteroatoms. The molecule has 0 spiro atoms. The van der Waals surface area contributed by atoms with E-state index in [-0.39, 0.29) is 5.57 Å². The van der Waals surface area contributed by atoms with Crippen LogP contribution in [-0.2, 0) is 11.2 Å². The van der Waals surface area contributed by atoms with E-state index in [1.54, 1.807) is 18.2 Å². The van der Waals surface area contributed by atoms with Crippen molar-refractivity contribution in [3.05, 3.63) is 69.7 Å². The Labute approximate surface area is 191 Å². The number of benzene rings is 2. The van der Waals surface area contributed by atoms with Crippen LogP contribution in [0.3, 0.4) is 0 Å². The predicted octanol–water partition coefficient (Wildman–Crippen LogP) is 4.72. The molecule has 0 fully saturated rings. The van der Waals surface area contributed by atoms with Crippen molar-refractivity contribution >= 4 is 28.5 Å². The van der Waals surface area contributed by atoms with Crippen molar-refractivity contribution in [2.24, 2.45) is 0 Å². The fourth-order valence-electron chi connectivity index (χ4n) is 2.96. The van der Waals surface area contributed by atoms with Gasteiger partial charge >= 0.3 is 0 Å². The van der Waals surface area contributed by atoms with Crippen molar-refractivity contribution in [3.63, 3.8) is 0 Å². The lowest BCUT2D eigenvalue weighted by Gasteiger charge is -2.10. The molecule has 0 aliphatic rings. The largest absolute Gasteiger partial charge is 0.490 e. The molecule has 0 radical (unpaired) electrons. The van der Waals surface area contributed by atoms with Crippen LogP contribution in [0.2, 0.25) is 0 Å². The van der Waals surface area contributed by atoms with Gasteiger partial charge in [-0.15, -0.1) is 10.2 Å². The van der Waals surface area contributed by atoms with Gasteiger partial charge in [0.25, 0.3) is 5.91 Å². The Morgan fingerprint density at radius 1 is 1.09 bits per heavy atom. The van der Waals surface area contributed by atoms with E-state index in [0.717, 1.165) is 28.3 Å². The maximum atomic E-state index is 12.4. The molecule has 0 bridgehead atoms. The summed E-state index contributed by atoms with van der Waals surface area (Å²) < 4.78 is 11.5. The highest BCUT2D eigenvalue weighted by atomic mass is 32.1.